The van der Waals surface area contributed by atoms with E-state index >= 15 is 0 Å². The molecule has 1 heterocycles. The molecule has 0 aromatic carbocycles. The predicted molar refractivity (Wildman–Crippen MR) is 49.5 cm³/mol. The third kappa shape index (κ3) is 1.95. The molecule has 1 amide bonds. The highest BCUT2D eigenvalue weighted by Gasteiger charge is 2.28. The monoisotopic (exact) mass is 183 g/mol. The van der Waals surface area contributed by atoms with Gasteiger partial charge in [0.2, 0.25) is 0 Å². The van der Waals surface area contributed by atoms with Crippen LogP contribution in [0.25, 0.3) is 0 Å². The average molecular weight is 183 g/mol. The summed E-state index contributed by atoms with van der Waals surface area (Å²) < 4.78 is 5.03. The molecule has 2 rings (SSSR count). The van der Waals surface area contributed by atoms with Crippen molar-refractivity contribution in [2.24, 2.45) is 0 Å². The van der Waals surface area contributed by atoms with Gasteiger partial charge in [0.15, 0.2) is 0 Å². The van der Waals surface area contributed by atoms with Gasteiger partial charge in [-0.15, -0.1) is 0 Å². The third-order valence-corrected chi connectivity index (χ3v) is 3.02. The van der Waals surface area contributed by atoms with E-state index in [1.165, 1.54) is 32.1 Å². The first-order valence-electron chi connectivity index (χ1n) is 5.31. The number of carbonyl (C=O) groups excluding carboxylic acids is 1. The second kappa shape index (κ2) is 3.99. The van der Waals surface area contributed by atoms with Crippen LogP contribution in [0.1, 0.15) is 38.5 Å². The van der Waals surface area contributed by atoms with Crippen molar-refractivity contribution in [1.82, 2.24) is 4.90 Å². The number of hydrogen-bond acceptors (Lipinski definition) is 2. The zero-order chi connectivity index (χ0) is 9.10. The SMILES string of the molecule is O=C1OCCCN1C1CCCCC1. The van der Waals surface area contributed by atoms with Crippen LogP contribution in [0.15, 0.2) is 0 Å². The molecule has 2 aliphatic rings. The van der Waals surface area contributed by atoms with E-state index in [-0.39, 0.29) is 6.09 Å². The van der Waals surface area contributed by atoms with Crippen LogP contribution in [-0.4, -0.2) is 30.2 Å². The number of nitrogens with zero attached hydrogens (tertiary/aromatic N) is 1. The van der Waals surface area contributed by atoms with Crippen molar-refractivity contribution in [2.45, 2.75) is 44.6 Å². The van der Waals surface area contributed by atoms with E-state index in [9.17, 15) is 4.79 Å². The van der Waals surface area contributed by atoms with Crippen LogP contribution < -0.4 is 0 Å². The van der Waals surface area contributed by atoms with Crippen molar-refractivity contribution in [3.05, 3.63) is 0 Å². The second-order valence-electron chi connectivity index (χ2n) is 3.95. The maximum absolute atomic E-state index is 11.4. The maximum atomic E-state index is 11.4. The van der Waals surface area contributed by atoms with Crippen LogP contribution in [0.3, 0.4) is 0 Å². The first-order chi connectivity index (χ1) is 6.38. The van der Waals surface area contributed by atoms with Gasteiger partial charge in [-0.1, -0.05) is 19.3 Å². The Morgan fingerprint density at radius 3 is 2.62 bits per heavy atom. The van der Waals surface area contributed by atoms with E-state index in [0.717, 1.165) is 13.0 Å². The molecule has 0 unspecified atom stereocenters. The molecule has 1 aliphatic carbocycles. The summed E-state index contributed by atoms with van der Waals surface area (Å²) in [7, 11) is 0. The van der Waals surface area contributed by atoms with E-state index in [1.807, 2.05) is 4.90 Å². The van der Waals surface area contributed by atoms with Crippen LogP contribution in [0, 0.1) is 0 Å². The molecule has 1 saturated heterocycles. The number of hydrogen-bond donors (Lipinski definition) is 0. The van der Waals surface area contributed by atoms with Gasteiger partial charge in [-0.05, 0) is 19.3 Å². The highest BCUT2D eigenvalue weighted by Crippen LogP contribution is 2.24. The summed E-state index contributed by atoms with van der Waals surface area (Å²) in [5.41, 5.74) is 0. The summed E-state index contributed by atoms with van der Waals surface area (Å²) in [4.78, 5) is 13.3. The van der Waals surface area contributed by atoms with Crippen molar-refractivity contribution in [1.29, 1.82) is 0 Å². The Labute approximate surface area is 79.0 Å². The molecule has 0 spiro atoms. The Hall–Kier alpha value is -0.730. The van der Waals surface area contributed by atoms with E-state index in [0.29, 0.717) is 12.6 Å². The molecule has 0 radical (unpaired) electrons. The van der Waals surface area contributed by atoms with E-state index in [4.69, 9.17) is 4.74 Å². The molecule has 0 aromatic rings. The number of cyclic esters (lactones) is 1. The lowest BCUT2D eigenvalue weighted by atomic mass is 9.94. The minimum atomic E-state index is -0.0850. The quantitative estimate of drug-likeness (QED) is 0.623. The van der Waals surface area contributed by atoms with Gasteiger partial charge < -0.3 is 9.64 Å². The Balaban J connectivity index is 1.92. The summed E-state index contributed by atoms with van der Waals surface area (Å²) in [6.07, 6.45) is 7.15. The van der Waals surface area contributed by atoms with Gasteiger partial charge in [0.05, 0.1) is 6.61 Å². The fourth-order valence-corrected chi connectivity index (χ4v) is 2.29. The van der Waals surface area contributed by atoms with Gasteiger partial charge in [-0.2, -0.15) is 0 Å². The van der Waals surface area contributed by atoms with Gasteiger partial charge in [0.1, 0.15) is 0 Å². The number of amides is 1. The van der Waals surface area contributed by atoms with Crippen molar-refractivity contribution >= 4 is 6.09 Å². The minimum Gasteiger partial charge on any atom is -0.449 e. The summed E-state index contributed by atoms with van der Waals surface area (Å²) in [5, 5.41) is 0. The first-order valence-corrected chi connectivity index (χ1v) is 5.31. The van der Waals surface area contributed by atoms with Crippen LogP contribution in [0.5, 0.6) is 0 Å². The Morgan fingerprint density at radius 2 is 1.92 bits per heavy atom. The lowest BCUT2D eigenvalue weighted by Crippen LogP contribution is -2.45. The molecule has 2 fully saturated rings. The number of carbonyl (C=O) groups is 1. The average Bonchev–Trinajstić information content (AvgIpc) is 2.20. The smallest absolute Gasteiger partial charge is 0.410 e. The van der Waals surface area contributed by atoms with Crippen molar-refractivity contribution in [3.63, 3.8) is 0 Å². The minimum absolute atomic E-state index is 0.0850. The van der Waals surface area contributed by atoms with Crippen LogP contribution >= 0.6 is 0 Å². The summed E-state index contributed by atoms with van der Waals surface area (Å²) in [6, 6.07) is 0.474. The molecule has 13 heavy (non-hydrogen) atoms. The molecular formula is C10H17NO2. The molecule has 74 valence electrons. The van der Waals surface area contributed by atoms with Crippen molar-refractivity contribution in [3.8, 4) is 0 Å². The predicted octanol–water partition coefficient (Wildman–Crippen LogP) is 2.16. The van der Waals surface area contributed by atoms with Gasteiger partial charge in [0.25, 0.3) is 0 Å². The van der Waals surface area contributed by atoms with Gasteiger partial charge >= 0.3 is 6.09 Å². The summed E-state index contributed by atoms with van der Waals surface area (Å²) >= 11 is 0. The van der Waals surface area contributed by atoms with Gasteiger partial charge in [-0.25, -0.2) is 4.79 Å². The molecule has 1 aliphatic heterocycles. The summed E-state index contributed by atoms with van der Waals surface area (Å²) in [6.45, 7) is 1.52. The number of ether oxygens (including phenoxy) is 1. The van der Waals surface area contributed by atoms with Crippen LogP contribution in [0.2, 0.25) is 0 Å². The number of rotatable bonds is 1. The highest BCUT2D eigenvalue weighted by molar-refractivity contribution is 5.68. The lowest BCUT2D eigenvalue weighted by Gasteiger charge is -2.35. The molecular weight excluding hydrogens is 166 g/mol. The zero-order valence-electron chi connectivity index (χ0n) is 8.00. The topological polar surface area (TPSA) is 29.5 Å². The molecule has 0 atom stereocenters. The van der Waals surface area contributed by atoms with Crippen LogP contribution in [0.4, 0.5) is 4.79 Å². The normalized spacial score (nSPS) is 25.8. The van der Waals surface area contributed by atoms with Gasteiger partial charge in [-0.3, -0.25) is 0 Å². The van der Waals surface area contributed by atoms with Gasteiger partial charge in [0, 0.05) is 12.6 Å². The molecule has 3 heteroatoms. The van der Waals surface area contributed by atoms with Crippen molar-refractivity contribution in [2.75, 3.05) is 13.2 Å². The fourth-order valence-electron chi connectivity index (χ4n) is 2.29. The molecule has 0 aromatic heterocycles. The zero-order valence-corrected chi connectivity index (χ0v) is 8.00. The Bertz CT molecular complexity index is 187. The largest absolute Gasteiger partial charge is 0.449 e. The van der Waals surface area contributed by atoms with Crippen molar-refractivity contribution < 1.29 is 9.53 Å². The van der Waals surface area contributed by atoms with E-state index in [1.54, 1.807) is 0 Å². The standard InChI is InChI=1S/C10H17NO2/c12-10-11(7-4-8-13-10)9-5-2-1-3-6-9/h9H,1-8H2. The maximum Gasteiger partial charge on any atom is 0.410 e. The third-order valence-electron chi connectivity index (χ3n) is 3.02. The van der Waals surface area contributed by atoms with Crippen LogP contribution in [-0.2, 0) is 4.74 Å². The lowest BCUT2D eigenvalue weighted by molar-refractivity contribution is 0.0470. The van der Waals surface area contributed by atoms with E-state index < -0.39 is 0 Å². The molecule has 0 N–H and O–H groups in total. The molecule has 1 saturated carbocycles. The molecule has 0 bridgehead atoms. The highest BCUT2D eigenvalue weighted by atomic mass is 16.6. The second-order valence-corrected chi connectivity index (χ2v) is 3.95. The Kier molecular flexibility index (Phi) is 2.71. The summed E-state index contributed by atoms with van der Waals surface area (Å²) in [5.74, 6) is 0. The Morgan fingerprint density at radius 1 is 1.15 bits per heavy atom. The molecule has 3 nitrogen and oxygen atoms in total. The first kappa shape index (κ1) is 8.85. The fraction of sp³-hybridized carbons (Fsp3) is 0.900. The van der Waals surface area contributed by atoms with E-state index in [2.05, 4.69) is 0 Å².